The molecule has 1 saturated carbocycles. The molecule has 110 valence electrons. The quantitative estimate of drug-likeness (QED) is 0.830. The van der Waals surface area contributed by atoms with Gasteiger partial charge in [0.25, 0.3) is 11.8 Å². The molecule has 6 heteroatoms. The minimum absolute atomic E-state index is 0.327. The van der Waals surface area contributed by atoms with Crippen molar-refractivity contribution in [3.63, 3.8) is 0 Å². The molecule has 2 N–H and O–H groups in total. The number of imide groups is 1. The number of benzene rings is 1. The van der Waals surface area contributed by atoms with Crippen LogP contribution in [-0.2, 0) is 4.79 Å². The second-order valence-corrected chi connectivity index (χ2v) is 6.42. The largest absolute Gasteiger partial charge is 0.368 e. The number of hydrogen-bond donors (Lipinski definition) is 1. The standard InChI is InChI=1S/C15H15BrN2O3/c16-10-6-4-5-9-11(10)13(20)18(12(9)19)15(14(17)21)7-2-1-3-8-15/h4-6H,1-3,7-8H2,(H2,17,21). The first-order valence-electron chi connectivity index (χ1n) is 6.96. The Morgan fingerprint density at radius 1 is 1.14 bits per heavy atom. The number of hydrogen-bond acceptors (Lipinski definition) is 3. The highest BCUT2D eigenvalue weighted by Crippen LogP contribution is 2.40. The number of rotatable bonds is 2. The van der Waals surface area contributed by atoms with E-state index in [1.165, 1.54) is 0 Å². The van der Waals surface area contributed by atoms with Gasteiger partial charge in [-0.25, -0.2) is 0 Å². The number of amides is 3. The lowest BCUT2D eigenvalue weighted by atomic mass is 9.79. The van der Waals surface area contributed by atoms with Crippen LogP contribution >= 0.6 is 15.9 Å². The normalized spacial score (nSPS) is 20.5. The predicted molar refractivity (Wildman–Crippen MR) is 79.7 cm³/mol. The molecule has 0 radical (unpaired) electrons. The fourth-order valence-corrected chi connectivity index (χ4v) is 3.89. The van der Waals surface area contributed by atoms with Gasteiger partial charge >= 0.3 is 0 Å². The van der Waals surface area contributed by atoms with Crippen molar-refractivity contribution >= 4 is 33.7 Å². The average Bonchev–Trinajstić information content (AvgIpc) is 2.73. The summed E-state index contributed by atoms with van der Waals surface area (Å²) in [5.41, 5.74) is 5.07. The van der Waals surface area contributed by atoms with Crippen molar-refractivity contribution in [1.82, 2.24) is 4.90 Å². The molecule has 21 heavy (non-hydrogen) atoms. The van der Waals surface area contributed by atoms with Crippen LogP contribution in [0.2, 0.25) is 0 Å². The molecule has 0 saturated heterocycles. The van der Waals surface area contributed by atoms with Crippen LogP contribution in [0.4, 0.5) is 0 Å². The van der Waals surface area contributed by atoms with E-state index < -0.39 is 23.3 Å². The Labute approximate surface area is 130 Å². The summed E-state index contributed by atoms with van der Waals surface area (Å²) in [6.07, 6.45) is 3.47. The summed E-state index contributed by atoms with van der Waals surface area (Å²) in [6, 6.07) is 5.03. The predicted octanol–water partition coefficient (Wildman–Crippen LogP) is 2.23. The van der Waals surface area contributed by atoms with Crippen LogP contribution in [0.5, 0.6) is 0 Å². The molecule has 2 aliphatic rings. The van der Waals surface area contributed by atoms with E-state index in [4.69, 9.17) is 5.73 Å². The van der Waals surface area contributed by atoms with Gasteiger partial charge in [-0.15, -0.1) is 0 Å². The van der Waals surface area contributed by atoms with E-state index in [0.29, 0.717) is 28.4 Å². The third kappa shape index (κ3) is 1.92. The highest BCUT2D eigenvalue weighted by atomic mass is 79.9. The first-order valence-corrected chi connectivity index (χ1v) is 7.75. The van der Waals surface area contributed by atoms with Crippen LogP contribution in [0.1, 0.15) is 52.8 Å². The number of nitrogens with two attached hydrogens (primary N) is 1. The molecule has 0 unspecified atom stereocenters. The maximum Gasteiger partial charge on any atom is 0.263 e. The van der Waals surface area contributed by atoms with Gasteiger partial charge in [0, 0.05) is 4.47 Å². The molecule has 3 rings (SSSR count). The lowest BCUT2D eigenvalue weighted by Gasteiger charge is -2.40. The lowest BCUT2D eigenvalue weighted by Crippen LogP contribution is -2.60. The lowest BCUT2D eigenvalue weighted by molar-refractivity contribution is -0.129. The van der Waals surface area contributed by atoms with Gasteiger partial charge in [0.1, 0.15) is 5.54 Å². The molecular weight excluding hydrogens is 336 g/mol. The molecule has 5 nitrogen and oxygen atoms in total. The molecule has 3 amide bonds. The second kappa shape index (κ2) is 4.94. The monoisotopic (exact) mass is 350 g/mol. The zero-order chi connectivity index (χ0) is 15.2. The summed E-state index contributed by atoms with van der Waals surface area (Å²) >= 11 is 3.31. The number of primary amides is 1. The summed E-state index contributed by atoms with van der Waals surface area (Å²) in [4.78, 5) is 38.5. The zero-order valence-electron chi connectivity index (χ0n) is 11.4. The van der Waals surface area contributed by atoms with Gasteiger partial charge in [-0.3, -0.25) is 19.3 Å². The van der Waals surface area contributed by atoms with Crippen molar-refractivity contribution in [2.24, 2.45) is 5.73 Å². The number of halogens is 1. The second-order valence-electron chi connectivity index (χ2n) is 5.56. The molecule has 0 aromatic heterocycles. The molecule has 1 fully saturated rings. The number of fused-ring (bicyclic) bond motifs is 1. The van der Waals surface area contributed by atoms with Gasteiger partial charge < -0.3 is 5.73 Å². The van der Waals surface area contributed by atoms with Crippen LogP contribution in [0.25, 0.3) is 0 Å². The summed E-state index contributed by atoms with van der Waals surface area (Å²) in [6.45, 7) is 0. The summed E-state index contributed by atoms with van der Waals surface area (Å²) < 4.78 is 0.566. The van der Waals surface area contributed by atoms with E-state index in [1.807, 2.05) is 0 Å². The Bertz CT molecular complexity index is 650. The fraction of sp³-hybridized carbons (Fsp3) is 0.400. The Hall–Kier alpha value is -1.69. The van der Waals surface area contributed by atoms with Crippen molar-refractivity contribution in [3.05, 3.63) is 33.8 Å². The third-order valence-corrected chi connectivity index (χ3v) is 5.09. The van der Waals surface area contributed by atoms with E-state index in [2.05, 4.69) is 15.9 Å². The topological polar surface area (TPSA) is 80.5 Å². The first-order chi connectivity index (χ1) is 9.99. The zero-order valence-corrected chi connectivity index (χ0v) is 13.0. The number of carbonyl (C=O) groups is 3. The van der Waals surface area contributed by atoms with Crippen LogP contribution in [0, 0.1) is 0 Å². The van der Waals surface area contributed by atoms with E-state index in [1.54, 1.807) is 18.2 Å². The molecule has 1 aliphatic heterocycles. The van der Waals surface area contributed by atoms with Crippen LogP contribution in [0.15, 0.2) is 22.7 Å². The molecule has 0 bridgehead atoms. The fourth-order valence-electron chi connectivity index (χ4n) is 3.35. The highest BCUT2D eigenvalue weighted by Gasteiger charge is 2.53. The molecule has 1 aromatic carbocycles. The molecule has 0 atom stereocenters. The van der Waals surface area contributed by atoms with Gasteiger partial charge in [0.15, 0.2) is 0 Å². The molecule has 1 aliphatic carbocycles. The Morgan fingerprint density at radius 2 is 1.81 bits per heavy atom. The van der Waals surface area contributed by atoms with Gasteiger partial charge in [-0.1, -0.05) is 25.3 Å². The van der Waals surface area contributed by atoms with Crippen LogP contribution in [-0.4, -0.2) is 28.2 Å². The van der Waals surface area contributed by atoms with Crippen LogP contribution < -0.4 is 5.73 Å². The Morgan fingerprint density at radius 3 is 2.38 bits per heavy atom. The minimum atomic E-state index is -1.18. The molecule has 0 spiro atoms. The van der Waals surface area contributed by atoms with Gasteiger partial charge in [-0.2, -0.15) is 0 Å². The molecule has 1 heterocycles. The van der Waals surface area contributed by atoms with E-state index in [-0.39, 0.29) is 0 Å². The van der Waals surface area contributed by atoms with Crippen molar-refractivity contribution in [2.45, 2.75) is 37.6 Å². The average molecular weight is 351 g/mol. The van der Waals surface area contributed by atoms with Crippen molar-refractivity contribution < 1.29 is 14.4 Å². The van der Waals surface area contributed by atoms with Crippen molar-refractivity contribution in [3.8, 4) is 0 Å². The number of nitrogens with zero attached hydrogens (tertiary/aromatic N) is 1. The Kier molecular flexibility index (Phi) is 3.36. The van der Waals surface area contributed by atoms with Gasteiger partial charge in [0.05, 0.1) is 11.1 Å². The molecular formula is C15H15BrN2O3. The Balaban J connectivity index is 2.12. The SMILES string of the molecule is NC(=O)C1(N2C(=O)c3cccc(Br)c3C2=O)CCCCC1. The third-order valence-electron chi connectivity index (χ3n) is 4.43. The molecule has 1 aromatic rings. The number of carbonyl (C=O) groups excluding carboxylic acids is 3. The van der Waals surface area contributed by atoms with E-state index >= 15 is 0 Å². The van der Waals surface area contributed by atoms with E-state index in [0.717, 1.165) is 24.2 Å². The minimum Gasteiger partial charge on any atom is -0.368 e. The summed E-state index contributed by atoms with van der Waals surface area (Å²) in [5, 5.41) is 0. The maximum atomic E-state index is 12.7. The van der Waals surface area contributed by atoms with Crippen molar-refractivity contribution in [1.29, 1.82) is 0 Å². The summed E-state index contributed by atoms with van der Waals surface area (Å²) in [7, 11) is 0. The summed E-state index contributed by atoms with van der Waals surface area (Å²) in [5.74, 6) is -1.44. The van der Waals surface area contributed by atoms with Gasteiger partial charge in [0.2, 0.25) is 5.91 Å². The maximum absolute atomic E-state index is 12.7. The van der Waals surface area contributed by atoms with E-state index in [9.17, 15) is 14.4 Å². The van der Waals surface area contributed by atoms with Crippen molar-refractivity contribution in [2.75, 3.05) is 0 Å². The highest BCUT2D eigenvalue weighted by molar-refractivity contribution is 9.10. The smallest absolute Gasteiger partial charge is 0.263 e. The van der Waals surface area contributed by atoms with Gasteiger partial charge in [-0.05, 0) is 40.9 Å². The van der Waals surface area contributed by atoms with Crippen LogP contribution in [0.3, 0.4) is 0 Å². The first kappa shape index (κ1) is 14.3.